The van der Waals surface area contributed by atoms with Gasteiger partial charge in [0.2, 0.25) is 11.8 Å². The normalized spacial score (nSPS) is 11.8. The Morgan fingerprint density at radius 2 is 1.60 bits per heavy atom. The van der Waals surface area contributed by atoms with Gasteiger partial charge in [0.1, 0.15) is 24.1 Å². The van der Waals surface area contributed by atoms with Gasteiger partial charge in [-0.05, 0) is 67.8 Å². The first-order chi connectivity index (χ1) is 19.0. The van der Waals surface area contributed by atoms with E-state index in [-0.39, 0.29) is 23.0 Å². The molecule has 0 radical (unpaired) electrons. The van der Waals surface area contributed by atoms with Crippen molar-refractivity contribution >= 4 is 27.5 Å². The van der Waals surface area contributed by atoms with E-state index in [0.29, 0.717) is 17.9 Å². The topological polar surface area (TPSA) is 105 Å². The molecular weight excluding hydrogens is 530 g/mol. The minimum Gasteiger partial charge on any atom is -0.497 e. The van der Waals surface area contributed by atoms with Crippen LogP contribution in [-0.2, 0) is 26.2 Å². The Morgan fingerprint density at radius 1 is 0.925 bits per heavy atom. The van der Waals surface area contributed by atoms with Crippen LogP contribution in [0.5, 0.6) is 11.5 Å². The fraction of sp³-hybridized carbons (Fsp3) is 0.333. The van der Waals surface area contributed by atoms with Crippen molar-refractivity contribution in [1.82, 2.24) is 10.2 Å². The lowest BCUT2D eigenvalue weighted by Crippen LogP contribution is -2.51. The Morgan fingerprint density at radius 3 is 2.20 bits per heavy atom. The summed E-state index contributed by atoms with van der Waals surface area (Å²) in [4.78, 5) is 28.4. The van der Waals surface area contributed by atoms with Gasteiger partial charge in [-0.3, -0.25) is 13.9 Å². The zero-order valence-electron chi connectivity index (χ0n) is 23.8. The molecule has 0 aliphatic heterocycles. The van der Waals surface area contributed by atoms with Crippen molar-refractivity contribution in [2.75, 3.05) is 32.1 Å². The van der Waals surface area contributed by atoms with Crippen molar-refractivity contribution < 1.29 is 27.5 Å². The van der Waals surface area contributed by atoms with Gasteiger partial charge in [0.05, 0.1) is 24.8 Å². The minimum absolute atomic E-state index is 0.0344. The number of nitrogens with zero attached hydrogens (tertiary/aromatic N) is 2. The van der Waals surface area contributed by atoms with Crippen molar-refractivity contribution in [3.63, 3.8) is 0 Å². The molecule has 0 saturated heterocycles. The van der Waals surface area contributed by atoms with Crippen LogP contribution in [0.25, 0.3) is 0 Å². The molecule has 214 valence electrons. The molecule has 0 bridgehead atoms. The van der Waals surface area contributed by atoms with E-state index in [1.807, 2.05) is 19.9 Å². The molecule has 0 spiro atoms. The Bertz CT molecular complexity index is 1440. The molecule has 9 nitrogen and oxygen atoms in total. The molecule has 0 heterocycles. The lowest BCUT2D eigenvalue weighted by Gasteiger charge is -2.33. The first kappa shape index (κ1) is 30.5. The van der Waals surface area contributed by atoms with Crippen LogP contribution in [0.1, 0.15) is 30.0 Å². The second-order valence-electron chi connectivity index (χ2n) is 9.41. The van der Waals surface area contributed by atoms with Crippen molar-refractivity contribution in [2.45, 2.75) is 44.7 Å². The van der Waals surface area contributed by atoms with Crippen LogP contribution in [0, 0.1) is 13.8 Å². The molecule has 10 heteroatoms. The van der Waals surface area contributed by atoms with E-state index in [1.54, 1.807) is 62.6 Å². The summed E-state index contributed by atoms with van der Waals surface area (Å²) in [5.74, 6) is 0.00933. The van der Waals surface area contributed by atoms with Gasteiger partial charge >= 0.3 is 0 Å². The van der Waals surface area contributed by atoms with Gasteiger partial charge < -0.3 is 19.7 Å². The first-order valence-corrected chi connectivity index (χ1v) is 14.4. The number of methoxy groups -OCH3 is 2. The van der Waals surface area contributed by atoms with E-state index >= 15 is 0 Å². The van der Waals surface area contributed by atoms with Crippen LogP contribution in [0.15, 0.2) is 71.6 Å². The van der Waals surface area contributed by atoms with E-state index in [9.17, 15) is 18.0 Å². The van der Waals surface area contributed by atoms with Gasteiger partial charge in [-0.15, -0.1) is 0 Å². The molecule has 0 unspecified atom stereocenters. The second-order valence-corrected chi connectivity index (χ2v) is 11.3. The largest absolute Gasteiger partial charge is 0.497 e. The molecule has 1 N–H and O–H groups in total. The molecule has 0 saturated carbocycles. The van der Waals surface area contributed by atoms with Crippen LogP contribution in [-0.4, -0.2) is 59.0 Å². The predicted molar refractivity (Wildman–Crippen MR) is 155 cm³/mol. The van der Waals surface area contributed by atoms with Crippen LogP contribution < -0.4 is 19.1 Å². The number of likely N-dealkylation sites (N-methyl/N-ethyl adjacent to an activating group) is 1. The molecule has 3 aromatic carbocycles. The third-order valence-corrected chi connectivity index (χ3v) is 8.38. The maximum atomic E-state index is 14.1. The number of rotatable bonds is 12. The average Bonchev–Trinajstić information content (AvgIpc) is 2.95. The summed E-state index contributed by atoms with van der Waals surface area (Å²) in [6.45, 7) is 5.02. The molecule has 0 fully saturated rings. The number of ether oxygens (including phenoxy) is 2. The highest BCUT2D eigenvalue weighted by Crippen LogP contribution is 2.34. The van der Waals surface area contributed by atoms with Gasteiger partial charge in [0.25, 0.3) is 10.0 Å². The fourth-order valence-corrected chi connectivity index (χ4v) is 5.82. The zero-order chi connectivity index (χ0) is 29.4. The van der Waals surface area contributed by atoms with E-state index < -0.39 is 28.5 Å². The second kappa shape index (κ2) is 13.3. The Balaban J connectivity index is 2.13. The highest BCUT2D eigenvalue weighted by atomic mass is 32.2. The molecule has 0 aliphatic carbocycles. The van der Waals surface area contributed by atoms with Crippen molar-refractivity contribution in [3.8, 4) is 11.5 Å². The van der Waals surface area contributed by atoms with E-state index in [2.05, 4.69) is 5.32 Å². The maximum absolute atomic E-state index is 14.1. The van der Waals surface area contributed by atoms with E-state index in [4.69, 9.17) is 9.47 Å². The van der Waals surface area contributed by atoms with Crippen LogP contribution >= 0.6 is 0 Å². The van der Waals surface area contributed by atoms with Gasteiger partial charge in [-0.1, -0.05) is 42.8 Å². The summed E-state index contributed by atoms with van der Waals surface area (Å²) in [5.41, 5.74) is 2.65. The smallest absolute Gasteiger partial charge is 0.264 e. The van der Waals surface area contributed by atoms with Crippen LogP contribution in [0.3, 0.4) is 0 Å². The minimum atomic E-state index is -4.21. The van der Waals surface area contributed by atoms with Crippen molar-refractivity contribution in [2.24, 2.45) is 0 Å². The average molecular weight is 568 g/mol. The summed E-state index contributed by atoms with van der Waals surface area (Å²) < 4.78 is 40.0. The first-order valence-electron chi connectivity index (χ1n) is 12.9. The number of aryl methyl sites for hydroxylation is 2. The summed E-state index contributed by atoms with van der Waals surface area (Å²) >= 11 is 0. The Hall–Kier alpha value is -4.05. The number of carbonyl (C=O) groups excluding carboxylic acids is 2. The lowest BCUT2D eigenvalue weighted by atomic mass is 10.1. The summed E-state index contributed by atoms with van der Waals surface area (Å²) in [5, 5.41) is 2.62. The number of sulfonamides is 1. The molecule has 40 heavy (non-hydrogen) atoms. The number of hydrogen-bond acceptors (Lipinski definition) is 6. The number of nitrogens with one attached hydrogen (secondary N) is 1. The standard InChI is InChI=1S/C30H37N3O6S/c1-7-26(30(35)31-4)32(19-23-9-8-10-24(18-23)38-5)29(34)20-33(27-17-22(3)13-16-28(27)39-6)40(36,37)25-14-11-21(2)12-15-25/h8-18,26H,7,19-20H2,1-6H3,(H,31,35)/t26-/m1/s1. The SMILES string of the molecule is CC[C@H](C(=O)NC)N(Cc1cccc(OC)c1)C(=O)CN(c1cc(C)ccc1OC)S(=O)(=O)c1ccc(C)cc1. The van der Waals surface area contributed by atoms with Crippen LogP contribution in [0.2, 0.25) is 0 Å². The zero-order valence-corrected chi connectivity index (χ0v) is 24.6. The number of amides is 2. The lowest BCUT2D eigenvalue weighted by molar-refractivity contribution is -0.140. The molecule has 0 aliphatic rings. The van der Waals surface area contributed by atoms with Gasteiger partial charge in [-0.25, -0.2) is 8.42 Å². The number of anilines is 1. The third-order valence-electron chi connectivity index (χ3n) is 6.61. The van der Waals surface area contributed by atoms with Gasteiger partial charge in [-0.2, -0.15) is 0 Å². The number of hydrogen-bond donors (Lipinski definition) is 1. The van der Waals surface area contributed by atoms with Gasteiger partial charge in [0, 0.05) is 13.6 Å². The number of benzene rings is 3. The monoisotopic (exact) mass is 567 g/mol. The fourth-order valence-electron chi connectivity index (χ4n) is 4.40. The van der Waals surface area contributed by atoms with Crippen molar-refractivity contribution in [3.05, 3.63) is 83.4 Å². The highest BCUT2D eigenvalue weighted by molar-refractivity contribution is 7.92. The summed E-state index contributed by atoms with van der Waals surface area (Å²) in [6, 6.07) is 17.9. The predicted octanol–water partition coefficient (Wildman–Crippen LogP) is 4.07. The van der Waals surface area contributed by atoms with Gasteiger partial charge in [0.15, 0.2) is 0 Å². The third kappa shape index (κ3) is 6.93. The highest BCUT2D eigenvalue weighted by Gasteiger charge is 2.34. The molecule has 3 aromatic rings. The molecule has 2 amide bonds. The Labute approximate surface area is 236 Å². The van der Waals surface area contributed by atoms with Crippen molar-refractivity contribution in [1.29, 1.82) is 0 Å². The van der Waals surface area contributed by atoms with Crippen LogP contribution in [0.4, 0.5) is 5.69 Å². The van der Waals surface area contributed by atoms with E-state index in [0.717, 1.165) is 21.0 Å². The van der Waals surface area contributed by atoms with E-state index in [1.165, 1.54) is 31.2 Å². The molecular formula is C30H37N3O6S. The number of carbonyl (C=O) groups is 2. The maximum Gasteiger partial charge on any atom is 0.264 e. The molecule has 0 aromatic heterocycles. The summed E-state index contributed by atoms with van der Waals surface area (Å²) in [7, 11) is 0.291. The molecule has 3 rings (SSSR count). The molecule has 1 atom stereocenters. The Kier molecular flexibility index (Phi) is 10.2. The summed E-state index contributed by atoms with van der Waals surface area (Å²) in [6.07, 6.45) is 0.327. The quantitative estimate of drug-likeness (QED) is 0.354.